The topological polar surface area (TPSA) is 136 Å². The number of aromatic nitrogens is 4. The first-order chi connectivity index (χ1) is 9.56. The van der Waals surface area contributed by atoms with E-state index in [1.165, 1.54) is 29.2 Å². The number of hydrogen-bond donors (Lipinski definition) is 3. The molecule has 0 spiro atoms. The van der Waals surface area contributed by atoms with Gasteiger partial charge in [-0.1, -0.05) is 5.21 Å². The Morgan fingerprint density at radius 3 is 2.90 bits per heavy atom. The van der Waals surface area contributed by atoms with E-state index < -0.39 is 11.9 Å². The molecule has 0 aromatic carbocycles. The minimum absolute atomic E-state index is 0.112. The van der Waals surface area contributed by atoms with Gasteiger partial charge in [0.2, 0.25) is 5.91 Å². The molecular weight excluding hydrogens is 264 g/mol. The number of nitrogens with one attached hydrogen (secondary N) is 1. The molecule has 0 fully saturated rings. The molecule has 0 unspecified atom stereocenters. The lowest BCUT2D eigenvalue weighted by molar-refractivity contribution is 0.0690. The van der Waals surface area contributed by atoms with Gasteiger partial charge in [0.25, 0.3) is 0 Å². The average Bonchev–Trinajstić information content (AvgIpc) is 2.88. The maximum Gasteiger partial charge on any atom is 0.358 e. The lowest BCUT2D eigenvalue weighted by atomic mass is 10.2. The summed E-state index contributed by atoms with van der Waals surface area (Å²) >= 11 is 0. The first-order valence-electron chi connectivity index (χ1n) is 5.69. The number of nitrogens with zero attached hydrogens (tertiary/aromatic N) is 4. The maximum absolute atomic E-state index is 11.0. The highest BCUT2D eigenvalue weighted by Gasteiger charge is 2.07. The van der Waals surface area contributed by atoms with Gasteiger partial charge in [-0.25, -0.2) is 14.5 Å². The predicted molar refractivity (Wildman–Crippen MR) is 68.2 cm³/mol. The highest BCUT2D eigenvalue weighted by molar-refractivity contribution is 5.93. The number of nitrogens with two attached hydrogens (primary N) is 1. The first-order valence-corrected chi connectivity index (χ1v) is 5.69. The largest absolute Gasteiger partial charge is 0.476 e. The summed E-state index contributed by atoms with van der Waals surface area (Å²) in [5.41, 5.74) is 5.41. The number of rotatable bonds is 6. The van der Waals surface area contributed by atoms with E-state index in [0.717, 1.165) is 0 Å². The molecular formula is C11H12N6O3. The number of carbonyl (C=O) groups is 2. The van der Waals surface area contributed by atoms with Crippen molar-refractivity contribution < 1.29 is 14.7 Å². The molecule has 0 saturated heterocycles. The number of carboxylic acid groups (broad SMARTS) is 1. The van der Waals surface area contributed by atoms with Gasteiger partial charge in [0.15, 0.2) is 5.69 Å². The molecule has 0 aliphatic carbocycles. The number of amides is 1. The number of primary amides is 1. The van der Waals surface area contributed by atoms with Gasteiger partial charge in [-0.3, -0.25) is 4.79 Å². The van der Waals surface area contributed by atoms with Gasteiger partial charge in [0.05, 0.1) is 12.7 Å². The molecule has 4 N–H and O–H groups in total. The lowest BCUT2D eigenvalue weighted by Gasteiger charge is -2.05. The molecule has 0 bridgehead atoms. The molecule has 9 nitrogen and oxygen atoms in total. The van der Waals surface area contributed by atoms with Crippen LogP contribution in [0.25, 0.3) is 0 Å². The zero-order valence-electron chi connectivity index (χ0n) is 10.4. The number of carbonyl (C=O) groups excluding carboxylic acids is 1. The summed E-state index contributed by atoms with van der Waals surface area (Å²) < 4.78 is 1.40. The Kier molecular flexibility index (Phi) is 3.89. The Hall–Kier alpha value is -2.97. The summed E-state index contributed by atoms with van der Waals surface area (Å²) in [4.78, 5) is 25.7. The molecule has 2 rings (SSSR count). The summed E-state index contributed by atoms with van der Waals surface area (Å²) in [5.74, 6) is -1.15. The fraction of sp³-hybridized carbons (Fsp3) is 0.182. The third-order valence-electron chi connectivity index (χ3n) is 2.45. The SMILES string of the molecule is NC(=O)c1ccnc(NCCn2cc(C(=O)O)nn2)c1. The van der Waals surface area contributed by atoms with Gasteiger partial charge in [-0.05, 0) is 12.1 Å². The molecule has 0 aliphatic heterocycles. The Morgan fingerprint density at radius 2 is 2.25 bits per heavy atom. The highest BCUT2D eigenvalue weighted by Crippen LogP contribution is 2.05. The quantitative estimate of drug-likeness (QED) is 0.651. The van der Waals surface area contributed by atoms with Crippen LogP contribution < -0.4 is 11.1 Å². The van der Waals surface area contributed by atoms with Crippen LogP contribution in [-0.4, -0.2) is 43.5 Å². The van der Waals surface area contributed by atoms with E-state index in [2.05, 4.69) is 20.6 Å². The molecule has 2 heterocycles. The van der Waals surface area contributed by atoms with Crippen molar-refractivity contribution in [3.8, 4) is 0 Å². The molecule has 1 amide bonds. The zero-order chi connectivity index (χ0) is 14.5. The normalized spacial score (nSPS) is 10.2. The van der Waals surface area contributed by atoms with Crippen molar-refractivity contribution in [3.63, 3.8) is 0 Å². The Morgan fingerprint density at radius 1 is 1.45 bits per heavy atom. The average molecular weight is 276 g/mol. The van der Waals surface area contributed by atoms with Crippen LogP contribution in [0.15, 0.2) is 24.5 Å². The Balaban J connectivity index is 1.90. The molecule has 0 radical (unpaired) electrons. The first kappa shape index (κ1) is 13.5. The van der Waals surface area contributed by atoms with Crippen molar-refractivity contribution in [2.45, 2.75) is 6.54 Å². The van der Waals surface area contributed by atoms with Crippen LogP contribution in [0.5, 0.6) is 0 Å². The summed E-state index contributed by atoms with van der Waals surface area (Å²) in [5, 5.41) is 18.8. The van der Waals surface area contributed by atoms with Crippen molar-refractivity contribution in [2.24, 2.45) is 5.73 Å². The van der Waals surface area contributed by atoms with Crippen LogP contribution in [0.4, 0.5) is 5.82 Å². The molecule has 2 aromatic rings. The van der Waals surface area contributed by atoms with Crippen molar-refractivity contribution >= 4 is 17.7 Å². The van der Waals surface area contributed by atoms with Crippen LogP contribution >= 0.6 is 0 Å². The highest BCUT2D eigenvalue weighted by atomic mass is 16.4. The Bertz CT molecular complexity index is 639. The molecule has 20 heavy (non-hydrogen) atoms. The number of anilines is 1. The van der Waals surface area contributed by atoms with E-state index >= 15 is 0 Å². The molecule has 0 atom stereocenters. The smallest absolute Gasteiger partial charge is 0.358 e. The van der Waals surface area contributed by atoms with Crippen LogP contribution in [0, 0.1) is 0 Å². The molecule has 0 aliphatic rings. The second-order valence-electron chi connectivity index (χ2n) is 3.89. The molecule has 0 saturated carbocycles. The number of aromatic carboxylic acids is 1. The van der Waals surface area contributed by atoms with Gasteiger partial charge in [-0.2, -0.15) is 0 Å². The van der Waals surface area contributed by atoms with Gasteiger partial charge < -0.3 is 16.2 Å². The zero-order valence-corrected chi connectivity index (χ0v) is 10.4. The van der Waals surface area contributed by atoms with Crippen LogP contribution in [-0.2, 0) is 6.54 Å². The third-order valence-corrected chi connectivity index (χ3v) is 2.45. The van der Waals surface area contributed by atoms with Gasteiger partial charge in [0, 0.05) is 18.3 Å². The van der Waals surface area contributed by atoms with E-state index in [9.17, 15) is 9.59 Å². The van der Waals surface area contributed by atoms with E-state index in [0.29, 0.717) is 24.5 Å². The van der Waals surface area contributed by atoms with Crippen LogP contribution in [0.1, 0.15) is 20.8 Å². The van der Waals surface area contributed by atoms with E-state index in [4.69, 9.17) is 10.8 Å². The summed E-state index contributed by atoms with van der Waals surface area (Å²) in [6.07, 6.45) is 2.80. The fourth-order valence-electron chi connectivity index (χ4n) is 1.48. The number of carboxylic acids is 1. The fourth-order valence-corrected chi connectivity index (χ4v) is 1.48. The van der Waals surface area contributed by atoms with Crippen LogP contribution in [0.2, 0.25) is 0 Å². The van der Waals surface area contributed by atoms with Crippen LogP contribution in [0.3, 0.4) is 0 Å². The van der Waals surface area contributed by atoms with Gasteiger partial charge in [-0.15, -0.1) is 5.10 Å². The summed E-state index contributed by atoms with van der Waals surface area (Å²) in [7, 11) is 0. The standard InChI is InChI=1S/C11H12N6O3/c12-10(18)7-1-2-13-9(5-7)14-3-4-17-6-8(11(19)20)15-16-17/h1-2,5-6H,3-4H2,(H2,12,18)(H,13,14)(H,19,20). The van der Waals surface area contributed by atoms with Crippen molar-refractivity contribution in [2.75, 3.05) is 11.9 Å². The van der Waals surface area contributed by atoms with Gasteiger partial charge >= 0.3 is 5.97 Å². The van der Waals surface area contributed by atoms with Crippen molar-refractivity contribution in [1.82, 2.24) is 20.0 Å². The predicted octanol–water partition coefficient (Wildman–Crippen LogP) is -0.418. The second-order valence-corrected chi connectivity index (χ2v) is 3.89. The van der Waals surface area contributed by atoms with Gasteiger partial charge in [0.1, 0.15) is 5.82 Å². The summed E-state index contributed by atoms with van der Waals surface area (Å²) in [6, 6.07) is 3.05. The summed E-state index contributed by atoms with van der Waals surface area (Å²) in [6.45, 7) is 0.848. The molecule has 2 aromatic heterocycles. The maximum atomic E-state index is 11.0. The minimum Gasteiger partial charge on any atom is -0.476 e. The third kappa shape index (κ3) is 3.28. The second kappa shape index (κ2) is 5.78. The van der Waals surface area contributed by atoms with E-state index in [-0.39, 0.29) is 5.69 Å². The Labute approximate surface area is 113 Å². The van der Waals surface area contributed by atoms with E-state index in [1.807, 2.05) is 0 Å². The molecule has 9 heteroatoms. The monoisotopic (exact) mass is 276 g/mol. The van der Waals surface area contributed by atoms with E-state index in [1.54, 1.807) is 0 Å². The lowest BCUT2D eigenvalue weighted by Crippen LogP contribution is -2.14. The number of pyridine rings is 1. The van der Waals surface area contributed by atoms with Crippen molar-refractivity contribution in [1.29, 1.82) is 0 Å². The minimum atomic E-state index is -1.12. The molecule has 104 valence electrons. The van der Waals surface area contributed by atoms with Crippen molar-refractivity contribution in [3.05, 3.63) is 35.8 Å². The number of hydrogen-bond acceptors (Lipinski definition) is 6.